The molecule has 0 saturated heterocycles. The molecular weight excluding hydrogens is 351 g/mol. The molecule has 0 aliphatic rings. The minimum Gasteiger partial charge on any atom is -0.348 e. The van der Waals surface area contributed by atoms with Crippen LogP contribution < -0.4 is 5.32 Å². The summed E-state index contributed by atoms with van der Waals surface area (Å²) in [7, 11) is 0. The van der Waals surface area contributed by atoms with Crippen LogP contribution in [0.4, 0.5) is 0 Å². The van der Waals surface area contributed by atoms with Crippen LogP contribution in [0.5, 0.6) is 0 Å². The molecule has 0 saturated carbocycles. The van der Waals surface area contributed by atoms with Gasteiger partial charge in [0, 0.05) is 17.8 Å². The Morgan fingerprint density at radius 3 is 2.78 bits per heavy atom. The summed E-state index contributed by atoms with van der Waals surface area (Å²) in [4.78, 5) is 17.7. The van der Waals surface area contributed by atoms with Gasteiger partial charge in [-0.05, 0) is 47.3 Å². The maximum Gasteiger partial charge on any atom is 0.253 e. The summed E-state index contributed by atoms with van der Waals surface area (Å²) in [5, 5.41) is 5.70. The van der Waals surface area contributed by atoms with Gasteiger partial charge in [-0.15, -0.1) is 11.3 Å². The van der Waals surface area contributed by atoms with Crippen molar-refractivity contribution in [3.8, 4) is 10.6 Å². The van der Waals surface area contributed by atoms with Gasteiger partial charge >= 0.3 is 0 Å². The van der Waals surface area contributed by atoms with Crippen LogP contribution >= 0.6 is 34.5 Å². The molecule has 0 unspecified atom stereocenters. The minimum atomic E-state index is -0.235. The SMILES string of the molecule is O=C(NCc1ccnc(-c2cccs2)c1)c1ccc(Cl)cc1Cl. The topological polar surface area (TPSA) is 42.0 Å². The molecule has 23 heavy (non-hydrogen) atoms. The van der Waals surface area contributed by atoms with Crippen molar-refractivity contribution in [3.05, 3.63) is 75.2 Å². The van der Waals surface area contributed by atoms with Crippen LogP contribution in [0.3, 0.4) is 0 Å². The first kappa shape index (κ1) is 16.0. The first-order chi connectivity index (χ1) is 11.1. The molecule has 3 nitrogen and oxygen atoms in total. The van der Waals surface area contributed by atoms with Gasteiger partial charge in [-0.2, -0.15) is 0 Å². The van der Waals surface area contributed by atoms with Gasteiger partial charge in [-0.25, -0.2) is 0 Å². The van der Waals surface area contributed by atoms with Crippen molar-refractivity contribution in [2.45, 2.75) is 6.54 Å². The van der Waals surface area contributed by atoms with Crippen molar-refractivity contribution in [2.24, 2.45) is 0 Å². The van der Waals surface area contributed by atoms with Crippen LogP contribution in [-0.2, 0) is 6.54 Å². The fourth-order valence-electron chi connectivity index (χ4n) is 2.09. The van der Waals surface area contributed by atoms with Gasteiger partial charge in [0.1, 0.15) is 0 Å². The van der Waals surface area contributed by atoms with E-state index < -0.39 is 0 Å². The third-order valence-corrected chi connectivity index (χ3v) is 4.67. The van der Waals surface area contributed by atoms with Gasteiger partial charge in [0.15, 0.2) is 0 Å². The Morgan fingerprint density at radius 2 is 2.04 bits per heavy atom. The lowest BCUT2D eigenvalue weighted by molar-refractivity contribution is 0.0951. The largest absolute Gasteiger partial charge is 0.348 e. The number of carbonyl (C=O) groups excluding carboxylic acids is 1. The zero-order chi connectivity index (χ0) is 16.2. The standard InChI is InChI=1S/C17H12Cl2N2OS/c18-12-3-4-13(14(19)9-12)17(22)21-10-11-5-6-20-15(8-11)16-2-1-7-23-16/h1-9H,10H2,(H,21,22). The highest BCUT2D eigenvalue weighted by atomic mass is 35.5. The number of nitrogens with one attached hydrogen (secondary N) is 1. The van der Waals surface area contributed by atoms with Gasteiger partial charge in [0.05, 0.1) is 21.2 Å². The fraction of sp³-hybridized carbons (Fsp3) is 0.0588. The minimum absolute atomic E-state index is 0.235. The number of hydrogen-bond donors (Lipinski definition) is 1. The predicted octanol–water partition coefficient (Wildman–Crippen LogP) is 5.05. The number of benzene rings is 1. The highest BCUT2D eigenvalue weighted by Crippen LogP contribution is 2.23. The second-order valence-electron chi connectivity index (χ2n) is 4.83. The lowest BCUT2D eigenvalue weighted by Crippen LogP contribution is -2.23. The summed E-state index contributed by atoms with van der Waals surface area (Å²) in [6.45, 7) is 0.401. The molecule has 2 heterocycles. The number of aromatic nitrogens is 1. The summed E-state index contributed by atoms with van der Waals surface area (Å²) < 4.78 is 0. The first-order valence-corrected chi connectivity index (χ1v) is 8.49. The second kappa shape index (κ2) is 7.13. The van der Waals surface area contributed by atoms with E-state index in [1.54, 1.807) is 35.7 Å². The normalized spacial score (nSPS) is 10.5. The van der Waals surface area contributed by atoms with Crippen LogP contribution in [0.2, 0.25) is 10.0 Å². The Labute approximate surface area is 147 Å². The molecule has 1 amide bonds. The summed E-state index contributed by atoms with van der Waals surface area (Å²) >= 11 is 13.5. The third kappa shape index (κ3) is 3.91. The number of hydrogen-bond acceptors (Lipinski definition) is 3. The average Bonchev–Trinajstić information content (AvgIpc) is 3.07. The van der Waals surface area contributed by atoms with E-state index in [2.05, 4.69) is 10.3 Å². The van der Waals surface area contributed by atoms with Crippen molar-refractivity contribution >= 4 is 40.4 Å². The number of rotatable bonds is 4. The van der Waals surface area contributed by atoms with Gasteiger partial charge in [0.2, 0.25) is 0 Å². The van der Waals surface area contributed by atoms with E-state index in [4.69, 9.17) is 23.2 Å². The quantitative estimate of drug-likeness (QED) is 0.705. The predicted molar refractivity (Wildman–Crippen MR) is 95.2 cm³/mol. The highest BCUT2D eigenvalue weighted by molar-refractivity contribution is 7.13. The van der Waals surface area contributed by atoms with E-state index in [1.807, 2.05) is 29.6 Å². The number of nitrogens with zero attached hydrogens (tertiary/aromatic N) is 1. The summed E-state index contributed by atoms with van der Waals surface area (Å²) in [5.74, 6) is -0.235. The van der Waals surface area contributed by atoms with Gasteiger partial charge in [0.25, 0.3) is 5.91 Å². The number of carbonyl (C=O) groups is 1. The van der Waals surface area contributed by atoms with Gasteiger partial charge in [-0.3, -0.25) is 9.78 Å². The van der Waals surface area contributed by atoms with E-state index in [0.29, 0.717) is 22.2 Å². The van der Waals surface area contributed by atoms with Crippen LogP contribution in [0, 0.1) is 0 Å². The molecule has 0 radical (unpaired) electrons. The molecule has 6 heteroatoms. The van der Waals surface area contributed by atoms with Gasteiger partial charge in [-0.1, -0.05) is 29.3 Å². The third-order valence-electron chi connectivity index (χ3n) is 3.23. The smallest absolute Gasteiger partial charge is 0.253 e. The number of thiophene rings is 1. The van der Waals surface area contributed by atoms with Crippen molar-refractivity contribution in [1.82, 2.24) is 10.3 Å². The monoisotopic (exact) mass is 362 g/mol. The Hall–Kier alpha value is -1.88. The summed E-state index contributed by atoms with van der Waals surface area (Å²) in [5.41, 5.74) is 2.28. The average molecular weight is 363 g/mol. The molecule has 0 bridgehead atoms. The zero-order valence-electron chi connectivity index (χ0n) is 11.9. The molecule has 2 aromatic heterocycles. The van der Waals surface area contributed by atoms with Crippen LogP contribution in [0.25, 0.3) is 10.6 Å². The number of pyridine rings is 1. The van der Waals surface area contributed by atoms with Crippen LogP contribution in [0.15, 0.2) is 54.0 Å². The Kier molecular flexibility index (Phi) is 4.96. The highest BCUT2D eigenvalue weighted by Gasteiger charge is 2.10. The van der Waals surface area contributed by atoms with Crippen LogP contribution in [-0.4, -0.2) is 10.9 Å². The van der Waals surface area contributed by atoms with Crippen molar-refractivity contribution in [2.75, 3.05) is 0 Å². The molecule has 1 N–H and O–H groups in total. The maximum atomic E-state index is 12.2. The molecule has 0 aliphatic heterocycles. The molecule has 116 valence electrons. The van der Waals surface area contributed by atoms with E-state index in [9.17, 15) is 4.79 Å². The number of amides is 1. The second-order valence-corrected chi connectivity index (χ2v) is 6.62. The zero-order valence-corrected chi connectivity index (χ0v) is 14.3. The fourth-order valence-corrected chi connectivity index (χ4v) is 3.28. The molecule has 1 aromatic carbocycles. The molecule has 0 spiro atoms. The Bertz CT molecular complexity index is 834. The van der Waals surface area contributed by atoms with E-state index in [-0.39, 0.29) is 5.91 Å². The lowest BCUT2D eigenvalue weighted by Gasteiger charge is -2.08. The van der Waals surface area contributed by atoms with E-state index in [1.165, 1.54) is 0 Å². The Balaban J connectivity index is 1.71. The van der Waals surface area contributed by atoms with Crippen molar-refractivity contribution < 1.29 is 4.79 Å². The summed E-state index contributed by atoms with van der Waals surface area (Å²) in [6, 6.07) is 12.7. The molecule has 0 aliphatic carbocycles. The van der Waals surface area contributed by atoms with Crippen molar-refractivity contribution in [3.63, 3.8) is 0 Å². The van der Waals surface area contributed by atoms with Gasteiger partial charge < -0.3 is 5.32 Å². The maximum absolute atomic E-state index is 12.2. The molecular formula is C17H12Cl2N2OS. The van der Waals surface area contributed by atoms with Crippen LogP contribution in [0.1, 0.15) is 15.9 Å². The lowest BCUT2D eigenvalue weighted by atomic mass is 10.2. The molecule has 0 fully saturated rings. The molecule has 0 atom stereocenters. The Morgan fingerprint density at radius 1 is 1.17 bits per heavy atom. The first-order valence-electron chi connectivity index (χ1n) is 6.85. The molecule has 3 aromatic rings. The van der Waals surface area contributed by atoms with E-state index in [0.717, 1.165) is 16.1 Å². The number of halogens is 2. The van der Waals surface area contributed by atoms with E-state index >= 15 is 0 Å². The summed E-state index contributed by atoms with van der Waals surface area (Å²) in [6.07, 6.45) is 1.74. The molecule has 3 rings (SSSR count). The van der Waals surface area contributed by atoms with Crippen molar-refractivity contribution in [1.29, 1.82) is 0 Å².